The average molecular weight is 332 g/mol. The highest BCUT2D eigenvalue weighted by Crippen LogP contribution is 2.18. The molecule has 6 nitrogen and oxygen atoms in total. The number of nitrogens with one attached hydrogen (secondary N) is 2. The van der Waals surface area contributed by atoms with Crippen LogP contribution in [0.5, 0.6) is 0 Å². The van der Waals surface area contributed by atoms with Gasteiger partial charge in [-0.1, -0.05) is 17.7 Å². The minimum Gasteiger partial charge on any atom is -0.349 e. The summed E-state index contributed by atoms with van der Waals surface area (Å²) in [6, 6.07) is 11.7. The van der Waals surface area contributed by atoms with Gasteiger partial charge in [-0.25, -0.2) is 9.97 Å². The van der Waals surface area contributed by atoms with Gasteiger partial charge in [-0.3, -0.25) is 9.98 Å². The minimum atomic E-state index is 0.315. The van der Waals surface area contributed by atoms with Gasteiger partial charge in [-0.15, -0.1) is 0 Å². The summed E-state index contributed by atoms with van der Waals surface area (Å²) in [5, 5.41) is 12.2. The summed E-state index contributed by atoms with van der Waals surface area (Å²) in [7, 11) is 0. The molecule has 6 heteroatoms. The molecule has 0 aliphatic rings. The summed E-state index contributed by atoms with van der Waals surface area (Å²) in [4.78, 5) is 17.4. The van der Waals surface area contributed by atoms with E-state index in [4.69, 9.17) is 5.41 Å². The molecule has 0 aliphatic carbocycles. The molecule has 3 aromatic rings. The number of anilines is 1. The van der Waals surface area contributed by atoms with Crippen LogP contribution in [0.2, 0.25) is 0 Å². The van der Waals surface area contributed by atoms with Crippen LogP contribution in [0.25, 0.3) is 10.9 Å². The Hall–Kier alpha value is -3.15. The Kier molecular flexibility index (Phi) is 5.09. The zero-order chi connectivity index (χ0) is 17.6. The van der Waals surface area contributed by atoms with Gasteiger partial charge in [0.25, 0.3) is 0 Å². The van der Waals surface area contributed by atoms with Crippen molar-refractivity contribution in [3.05, 3.63) is 59.5 Å². The molecule has 0 saturated carbocycles. The van der Waals surface area contributed by atoms with Crippen LogP contribution >= 0.6 is 0 Å². The van der Waals surface area contributed by atoms with Crippen molar-refractivity contribution in [1.29, 1.82) is 5.41 Å². The van der Waals surface area contributed by atoms with Crippen molar-refractivity contribution in [1.82, 2.24) is 15.0 Å². The third-order valence-electron chi connectivity index (χ3n) is 3.70. The first-order valence-electron chi connectivity index (χ1n) is 8.08. The molecule has 2 N–H and O–H groups in total. The van der Waals surface area contributed by atoms with Gasteiger partial charge in [-0.2, -0.15) is 0 Å². The lowest BCUT2D eigenvalue weighted by atomic mass is 10.1. The van der Waals surface area contributed by atoms with Crippen molar-refractivity contribution in [3.8, 4) is 0 Å². The second-order valence-corrected chi connectivity index (χ2v) is 5.83. The SMILES string of the molecule is Cc1ccc2nc(NCC(=N)C/N=C/c3ccccn3)nc(C)c2c1. The van der Waals surface area contributed by atoms with Crippen molar-refractivity contribution < 1.29 is 0 Å². The molecule has 0 atom stereocenters. The number of aromatic nitrogens is 3. The van der Waals surface area contributed by atoms with Gasteiger partial charge >= 0.3 is 0 Å². The fourth-order valence-electron chi connectivity index (χ4n) is 2.42. The van der Waals surface area contributed by atoms with E-state index in [0.29, 0.717) is 24.7 Å². The normalized spacial score (nSPS) is 11.1. The number of fused-ring (bicyclic) bond motifs is 1. The van der Waals surface area contributed by atoms with Crippen molar-refractivity contribution >= 4 is 28.8 Å². The van der Waals surface area contributed by atoms with Gasteiger partial charge in [0.2, 0.25) is 5.95 Å². The van der Waals surface area contributed by atoms with Gasteiger partial charge in [0.15, 0.2) is 0 Å². The Morgan fingerprint density at radius 1 is 1.20 bits per heavy atom. The summed E-state index contributed by atoms with van der Waals surface area (Å²) >= 11 is 0. The van der Waals surface area contributed by atoms with Gasteiger partial charge in [0.05, 0.1) is 30.0 Å². The van der Waals surface area contributed by atoms with Crippen LogP contribution in [0, 0.1) is 19.3 Å². The lowest BCUT2D eigenvalue weighted by Gasteiger charge is -2.08. The second-order valence-electron chi connectivity index (χ2n) is 5.83. The maximum absolute atomic E-state index is 8.00. The minimum absolute atomic E-state index is 0.315. The van der Waals surface area contributed by atoms with Crippen molar-refractivity contribution in [2.24, 2.45) is 4.99 Å². The number of benzene rings is 1. The monoisotopic (exact) mass is 332 g/mol. The topological polar surface area (TPSA) is 86.9 Å². The van der Waals surface area contributed by atoms with Gasteiger partial charge < -0.3 is 10.7 Å². The Morgan fingerprint density at radius 2 is 2.08 bits per heavy atom. The highest BCUT2D eigenvalue weighted by molar-refractivity contribution is 5.89. The average Bonchev–Trinajstić information content (AvgIpc) is 2.61. The molecule has 0 unspecified atom stereocenters. The van der Waals surface area contributed by atoms with E-state index >= 15 is 0 Å². The van der Waals surface area contributed by atoms with E-state index in [9.17, 15) is 0 Å². The molecule has 0 radical (unpaired) electrons. The van der Waals surface area contributed by atoms with Crippen LogP contribution in [0.4, 0.5) is 5.95 Å². The molecular formula is C19H20N6. The number of pyridine rings is 1. The van der Waals surface area contributed by atoms with E-state index < -0.39 is 0 Å². The molecule has 2 heterocycles. The van der Waals surface area contributed by atoms with Crippen LogP contribution in [0.1, 0.15) is 17.0 Å². The molecule has 0 amide bonds. The smallest absolute Gasteiger partial charge is 0.223 e. The second kappa shape index (κ2) is 7.61. The molecule has 0 aliphatic heterocycles. The fourth-order valence-corrected chi connectivity index (χ4v) is 2.42. The molecule has 3 rings (SSSR count). The maximum Gasteiger partial charge on any atom is 0.223 e. The molecular weight excluding hydrogens is 312 g/mol. The van der Waals surface area contributed by atoms with Gasteiger partial charge in [0, 0.05) is 23.5 Å². The summed E-state index contributed by atoms with van der Waals surface area (Å²) in [5.74, 6) is 0.535. The molecule has 0 fully saturated rings. The van der Waals surface area contributed by atoms with Crippen LogP contribution in [0.15, 0.2) is 47.6 Å². The number of hydrogen-bond acceptors (Lipinski definition) is 6. The van der Waals surface area contributed by atoms with Crippen molar-refractivity contribution in [2.45, 2.75) is 13.8 Å². The number of aliphatic imine (C=N–C) groups is 1. The summed E-state index contributed by atoms with van der Waals surface area (Å²) in [6.07, 6.45) is 3.39. The highest BCUT2D eigenvalue weighted by Gasteiger charge is 2.05. The van der Waals surface area contributed by atoms with Gasteiger partial charge in [-0.05, 0) is 38.1 Å². The Bertz CT molecular complexity index is 918. The first-order valence-corrected chi connectivity index (χ1v) is 8.08. The Balaban J connectivity index is 1.59. The highest BCUT2D eigenvalue weighted by atomic mass is 15.1. The number of hydrogen-bond donors (Lipinski definition) is 2. The Morgan fingerprint density at radius 3 is 2.88 bits per heavy atom. The standard InChI is InChI=1S/C19H20N6/c1-13-6-7-18-17(9-13)14(2)24-19(25-18)23-11-15(20)10-21-12-16-5-3-4-8-22-16/h3-9,12,20H,10-11H2,1-2H3,(H,23,24,25)/b20-15?,21-12+. The lowest BCUT2D eigenvalue weighted by molar-refractivity contribution is 1.10. The first kappa shape index (κ1) is 16.7. The third kappa shape index (κ3) is 4.44. The number of rotatable bonds is 6. The number of aryl methyl sites for hydroxylation is 2. The predicted molar refractivity (Wildman–Crippen MR) is 102 cm³/mol. The Labute approximate surface area is 146 Å². The molecule has 25 heavy (non-hydrogen) atoms. The lowest BCUT2D eigenvalue weighted by Crippen LogP contribution is -2.17. The first-order chi connectivity index (χ1) is 12.1. The quantitative estimate of drug-likeness (QED) is 0.679. The summed E-state index contributed by atoms with van der Waals surface area (Å²) < 4.78 is 0. The summed E-state index contributed by atoms with van der Waals surface area (Å²) in [6.45, 7) is 4.70. The van der Waals surface area contributed by atoms with Crippen LogP contribution < -0.4 is 5.32 Å². The van der Waals surface area contributed by atoms with E-state index in [1.54, 1.807) is 12.4 Å². The van der Waals surface area contributed by atoms with E-state index in [1.807, 2.05) is 37.3 Å². The van der Waals surface area contributed by atoms with Crippen molar-refractivity contribution in [3.63, 3.8) is 0 Å². The molecule has 2 aromatic heterocycles. The van der Waals surface area contributed by atoms with Crippen LogP contribution in [-0.4, -0.2) is 40.0 Å². The van der Waals surface area contributed by atoms with Gasteiger partial charge in [0.1, 0.15) is 0 Å². The van der Waals surface area contributed by atoms with Crippen LogP contribution in [-0.2, 0) is 0 Å². The van der Waals surface area contributed by atoms with E-state index in [0.717, 1.165) is 22.3 Å². The maximum atomic E-state index is 8.00. The fraction of sp³-hybridized carbons (Fsp3) is 0.211. The zero-order valence-electron chi connectivity index (χ0n) is 14.3. The molecule has 0 bridgehead atoms. The zero-order valence-corrected chi connectivity index (χ0v) is 14.3. The summed E-state index contributed by atoms with van der Waals surface area (Å²) in [5.41, 5.74) is 4.26. The van der Waals surface area contributed by atoms with Crippen LogP contribution in [0.3, 0.4) is 0 Å². The molecule has 126 valence electrons. The van der Waals surface area contributed by atoms with Crippen molar-refractivity contribution in [2.75, 3.05) is 18.4 Å². The van der Waals surface area contributed by atoms with E-state index in [2.05, 4.69) is 38.3 Å². The van der Waals surface area contributed by atoms with E-state index in [-0.39, 0.29) is 0 Å². The van der Waals surface area contributed by atoms with E-state index in [1.165, 1.54) is 5.56 Å². The predicted octanol–water partition coefficient (Wildman–Crippen LogP) is 3.19. The largest absolute Gasteiger partial charge is 0.349 e. The third-order valence-corrected chi connectivity index (χ3v) is 3.70. The number of nitrogens with zero attached hydrogens (tertiary/aromatic N) is 4. The molecule has 0 saturated heterocycles. The molecule has 0 spiro atoms. The molecule has 1 aromatic carbocycles.